The summed E-state index contributed by atoms with van der Waals surface area (Å²) in [7, 11) is 1.36. The molecule has 3 heterocycles. The lowest BCUT2D eigenvalue weighted by molar-refractivity contribution is -0.124. The maximum Gasteiger partial charge on any atom is 0.428 e. The Morgan fingerprint density at radius 2 is 1.78 bits per heavy atom. The van der Waals surface area contributed by atoms with Crippen molar-refractivity contribution in [3.05, 3.63) is 23.9 Å². The van der Waals surface area contributed by atoms with E-state index in [9.17, 15) is 9.59 Å². The van der Waals surface area contributed by atoms with Crippen molar-refractivity contribution in [2.45, 2.75) is 58.1 Å². The number of carbonyl (C=O) groups excluding carboxylic acids is 2. The molecule has 1 aromatic heterocycles. The first kappa shape index (κ1) is 22.4. The van der Waals surface area contributed by atoms with E-state index in [4.69, 9.17) is 19.4 Å². The van der Waals surface area contributed by atoms with Crippen LogP contribution in [0.5, 0.6) is 5.75 Å². The molecule has 0 spiro atoms. The van der Waals surface area contributed by atoms with E-state index in [0.717, 1.165) is 49.7 Å². The molecule has 0 bridgehead atoms. The summed E-state index contributed by atoms with van der Waals surface area (Å²) < 4.78 is 12.7. The first-order valence-electron chi connectivity index (χ1n) is 11.4. The predicted molar refractivity (Wildman–Crippen MR) is 119 cm³/mol. The second kappa shape index (κ2) is 9.77. The van der Waals surface area contributed by atoms with Crippen LogP contribution in [0.4, 0.5) is 4.79 Å². The number of carbonyl (C=O) groups is 2. The number of hydrogen-bond acceptors (Lipinski definition) is 7. The molecular formula is C23H32N4O5. The lowest BCUT2D eigenvalue weighted by Crippen LogP contribution is -2.43. The molecule has 0 N–H and O–H groups in total. The van der Waals surface area contributed by atoms with Gasteiger partial charge in [-0.15, -0.1) is 5.06 Å². The molecule has 0 unspecified atom stereocenters. The highest BCUT2D eigenvalue weighted by molar-refractivity contribution is 5.97. The van der Waals surface area contributed by atoms with Gasteiger partial charge in [-0.2, -0.15) is 5.10 Å². The number of hydroxylamine groups is 2. The molecule has 0 radical (unpaired) electrons. The fourth-order valence-corrected chi connectivity index (χ4v) is 4.32. The van der Waals surface area contributed by atoms with Crippen LogP contribution in [0.25, 0.3) is 10.9 Å². The van der Waals surface area contributed by atoms with Gasteiger partial charge in [0.25, 0.3) is 0 Å². The van der Waals surface area contributed by atoms with Crippen LogP contribution in [-0.2, 0) is 9.57 Å². The van der Waals surface area contributed by atoms with Gasteiger partial charge in [-0.05, 0) is 45.6 Å². The summed E-state index contributed by atoms with van der Waals surface area (Å²) in [5.74, 6) is 0.0377. The van der Waals surface area contributed by atoms with Gasteiger partial charge < -0.3 is 19.2 Å². The zero-order valence-electron chi connectivity index (χ0n) is 19.1. The van der Waals surface area contributed by atoms with Crippen LogP contribution >= 0.6 is 0 Å². The van der Waals surface area contributed by atoms with E-state index in [1.54, 1.807) is 22.1 Å². The SMILES string of the molecule is COC(=O)c1cc2cn(C3CCN(C(=O)ON4CCCCC4)CC3)nc2cc1OC(C)C. The number of amides is 1. The number of fused-ring (bicyclic) bond motifs is 1. The van der Waals surface area contributed by atoms with Gasteiger partial charge in [-0.25, -0.2) is 9.59 Å². The molecule has 4 rings (SSSR count). The summed E-state index contributed by atoms with van der Waals surface area (Å²) in [6, 6.07) is 3.74. The van der Waals surface area contributed by atoms with E-state index in [0.29, 0.717) is 24.4 Å². The van der Waals surface area contributed by atoms with Gasteiger partial charge in [0, 0.05) is 43.8 Å². The van der Waals surface area contributed by atoms with Crippen LogP contribution < -0.4 is 4.74 Å². The molecular weight excluding hydrogens is 412 g/mol. The summed E-state index contributed by atoms with van der Waals surface area (Å²) in [4.78, 5) is 32.0. The van der Waals surface area contributed by atoms with Crippen molar-refractivity contribution >= 4 is 23.0 Å². The van der Waals surface area contributed by atoms with Crippen molar-refractivity contribution in [2.24, 2.45) is 0 Å². The van der Waals surface area contributed by atoms with Crippen molar-refractivity contribution in [2.75, 3.05) is 33.3 Å². The summed E-state index contributed by atoms with van der Waals surface area (Å²) >= 11 is 0. The van der Waals surface area contributed by atoms with Gasteiger partial charge in [0.15, 0.2) is 0 Å². The van der Waals surface area contributed by atoms with Crippen molar-refractivity contribution in [1.29, 1.82) is 0 Å². The van der Waals surface area contributed by atoms with Crippen molar-refractivity contribution < 1.29 is 23.9 Å². The highest BCUT2D eigenvalue weighted by atomic mass is 16.7. The average molecular weight is 445 g/mol. The molecule has 2 aromatic rings. The third-order valence-electron chi connectivity index (χ3n) is 6.01. The van der Waals surface area contributed by atoms with E-state index in [2.05, 4.69) is 0 Å². The number of piperidine rings is 2. The van der Waals surface area contributed by atoms with Crippen LogP contribution in [0.15, 0.2) is 18.3 Å². The van der Waals surface area contributed by atoms with Gasteiger partial charge in [0.2, 0.25) is 0 Å². The zero-order valence-corrected chi connectivity index (χ0v) is 19.1. The number of aromatic nitrogens is 2. The maximum absolute atomic E-state index is 12.5. The molecule has 9 nitrogen and oxygen atoms in total. The fourth-order valence-electron chi connectivity index (χ4n) is 4.32. The quantitative estimate of drug-likeness (QED) is 0.649. The molecule has 0 atom stereocenters. The highest BCUT2D eigenvalue weighted by Gasteiger charge is 2.28. The van der Waals surface area contributed by atoms with Crippen molar-refractivity contribution in [3.63, 3.8) is 0 Å². The fraction of sp³-hybridized carbons (Fsp3) is 0.609. The van der Waals surface area contributed by atoms with Crippen LogP contribution in [0, 0.1) is 0 Å². The zero-order chi connectivity index (χ0) is 22.7. The highest BCUT2D eigenvalue weighted by Crippen LogP contribution is 2.30. The number of rotatable bonds is 5. The smallest absolute Gasteiger partial charge is 0.428 e. The minimum absolute atomic E-state index is 0.0769. The topological polar surface area (TPSA) is 86.1 Å². The molecule has 0 aliphatic carbocycles. The summed E-state index contributed by atoms with van der Waals surface area (Å²) in [5, 5.41) is 7.38. The van der Waals surface area contributed by atoms with E-state index in [-0.39, 0.29) is 18.2 Å². The Morgan fingerprint density at radius 3 is 2.44 bits per heavy atom. The third-order valence-corrected chi connectivity index (χ3v) is 6.01. The van der Waals surface area contributed by atoms with Crippen LogP contribution in [-0.4, -0.2) is 71.2 Å². The molecule has 9 heteroatoms. The molecule has 32 heavy (non-hydrogen) atoms. The van der Waals surface area contributed by atoms with Gasteiger partial charge >= 0.3 is 12.1 Å². The molecule has 1 amide bonds. The lowest BCUT2D eigenvalue weighted by Gasteiger charge is -2.33. The Balaban J connectivity index is 1.44. The first-order chi connectivity index (χ1) is 15.4. The average Bonchev–Trinajstić information content (AvgIpc) is 3.21. The van der Waals surface area contributed by atoms with Crippen LogP contribution in [0.3, 0.4) is 0 Å². The Labute approximate surface area is 188 Å². The second-order valence-electron chi connectivity index (χ2n) is 8.74. The summed E-state index contributed by atoms with van der Waals surface area (Å²) in [6.07, 6.45) is 6.55. The number of esters is 1. The maximum atomic E-state index is 12.5. The van der Waals surface area contributed by atoms with Crippen molar-refractivity contribution in [3.8, 4) is 5.75 Å². The molecule has 2 aliphatic heterocycles. The Hall–Kier alpha value is -2.81. The van der Waals surface area contributed by atoms with Gasteiger partial charge in [-0.3, -0.25) is 4.68 Å². The largest absolute Gasteiger partial charge is 0.490 e. The number of ether oxygens (including phenoxy) is 2. The lowest BCUT2D eigenvalue weighted by atomic mass is 10.1. The van der Waals surface area contributed by atoms with Gasteiger partial charge in [-0.1, -0.05) is 6.42 Å². The van der Waals surface area contributed by atoms with E-state index >= 15 is 0 Å². The summed E-state index contributed by atoms with van der Waals surface area (Å²) in [6.45, 7) is 6.71. The Morgan fingerprint density at radius 1 is 1.06 bits per heavy atom. The van der Waals surface area contributed by atoms with Gasteiger partial charge in [0.1, 0.15) is 11.3 Å². The number of benzene rings is 1. The van der Waals surface area contributed by atoms with E-state index < -0.39 is 5.97 Å². The third kappa shape index (κ3) is 4.98. The number of hydrogen-bond donors (Lipinski definition) is 0. The van der Waals surface area contributed by atoms with Crippen LogP contribution in [0.2, 0.25) is 0 Å². The first-order valence-corrected chi connectivity index (χ1v) is 11.4. The number of nitrogens with zero attached hydrogens (tertiary/aromatic N) is 4. The normalized spacial score (nSPS) is 18.2. The predicted octanol–water partition coefficient (Wildman–Crippen LogP) is 3.78. The Bertz CT molecular complexity index is 959. The molecule has 2 aliphatic rings. The summed E-state index contributed by atoms with van der Waals surface area (Å²) in [5.41, 5.74) is 1.16. The van der Waals surface area contributed by atoms with E-state index in [1.807, 2.05) is 24.7 Å². The standard InChI is InChI=1S/C23H32N4O5/c1-16(2)31-21-14-20-17(13-19(21)22(28)30-3)15-27(24-20)18-7-11-25(12-8-18)23(29)32-26-9-5-4-6-10-26/h13-16,18H,4-12H2,1-3H3. The number of methoxy groups -OCH3 is 1. The Kier molecular flexibility index (Phi) is 6.83. The molecule has 2 fully saturated rings. The minimum atomic E-state index is -0.434. The van der Waals surface area contributed by atoms with Crippen LogP contribution in [0.1, 0.15) is 62.4 Å². The second-order valence-corrected chi connectivity index (χ2v) is 8.74. The molecule has 2 saturated heterocycles. The van der Waals surface area contributed by atoms with E-state index in [1.165, 1.54) is 13.5 Å². The molecule has 0 saturated carbocycles. The number of likely N-dealkylation sites (tertiary alicyclic amines) is 1. The molecule has 174 valence electrons. The molecule has 1 aromatic carbocycles. The monoisotopic (exact) mass is 444 g/mol. The van der Waals surface area contributed by atoms with Crippen molar-refractivity contribution in [1.82, 2.24) is 19.7 Å². The van der Waals surface area contributed by atoms with Gasteiger partial charge in [0.05, 0.1) is 24.8 Å². The minimum Gasteiger partial charge on any atom is -0.490 e.